The van der Waals surface area contributed by atoms with E-state index in [1.165, 1.54) is 57.2 Å². The minimum absolute atomic E-state index is 0.446. The van der Waals surface area contributed by atoms with E-state index >= 15 is 0 Å². The molecule has 6 nitrogen and oxygen atoms in total. The zero-order valence-electron chi connectivity index (χ0n) is 17.4. The van der Waals surface area contributed by atoms with E-state index in [-0.39, 0.29) is 0 Å². The van der Waals surface area contributed by atoms with Gasteiger partial charge in [-0.05, 0) is 50.9 Å². The van der Waals surface area contributed by atoms with E-state index in [0.29, 0.717) is 5.41 Å². The highest BCUT2D eigenvalue weighted by molar-refractivity contribution is 5.79. The van der Waals surface area contributed by atoms with Gasteiger partial charge in [0.1, 0.15) is 11.6 Å². The van der Waals surface area contributed by atoms with Gasteiger partial charge in [-0.15, -0.1) is 10.2 Å². The Morgan fingerprint density at radius 2 is 1.93 bits per heavy atom. The third-order valence-electron chi connectivity index (χ3n) is 6.39. The summed E-state index contributed by atoms with van der Waals surface area (Å²) in [6.45, 7) is 8.33. The highest BCUT2D eigenvalue weighted by Crippen LogP contribution is 2.41. The fraction of sp³-hybridized carbons (Fsp3) is 0.857. The molecule has 0 radical (unpaired) electrons. The number of nitrogens with zero attached hydrogens (tertiary/aromatic N) is 4. The first-order chi connectivity index (χ1) is 13.3. The van der Waals surface area contributed by atoms with Crippen LogP contribution in [0.15, 0.2) is 4.99 Å². The minimum Gasteiger partial charge on any atom is -0.357 e. The summed E-state index contributed by atoms with van der Waals surface area (Å²) in [7, 11) is 0. The molecule has 1 fully saturated rings. The number of aromatic nitrogens is 3. The second kappa shape index (κ2) is 10.1. The SMILES string of the molecule is CCNC(=NCC1(CC)CCCC1)NCCCc1nnc2n1CCCCC2. The van der Waals surface area contributed by atoms with Crippen LogP contribution < -0.4 is 10.6 Å². The van der Waals surface area contributed by atoms with Crippen LogP contribution in [0.3, 0.4) is 0 Å². The Balaban J connectivity index is 1.47. The average molecular weight is 375 g/mol. The van der Waals surface area contributed by atoms with Crippen molar-refractivity contribution < 1.29 is 0 Å². The molecule has 1 aliphatic heterocycles. The molecular formula is C21H38N6. The maximum Gasteiger partial charge on any atom is 0.191 e. The van der Waals surface area contributed by atoms with Crippen molar-refractivity contribution in [1.82, 2.24) is 25.4 Å². The Labute approximate surface area is 164 Å². The first kappa shape index (κ1) is 20.2. The van der Waals surface area contributed by atoms with Crippen LogP contribution in [0.2, 0.25) is 0 Å². The molecule has 2 aliphatic rings. The van der Waals surface area contributed by atoms with Gasteiger partial charge in [0.25, 0.3) is 0 Å². The van der Waals surface area contributed by atoms with Gasteiger partial charge in [-0.3, -0.25) is 4.99 Å². The Morgan fingerprint density at radius 1 is 1.07 bits per heavy atom. The molecule has 2 heterocycles. The predicted molar refractivity (Wildman–Crippen MR) is 111 cm³/mol. The van der Waals surface area contributed by atoms with Crippen molar-refractivity contribution in [3.05, 3.63) is 11.6 Å². The zero-order valence-corrected chi connectivity index (χ0v) is 17.4. The predicted octanol–water partition coefficient (Wildman–Crippen LogP) is 3.46. The summed E-state index contributed by atoms with van der Waals surface area (Å²) in [6, 6.07) is 0. The normalized spacial score (nSPS) is 19.6. The fourth-order valence-electron chi connectivity index (χ4n) is 4.52. The molecule has 0 unspecified atom stereocenters. The molecule has 3 rings (SSSR count). The molecule has 2 N–H and O–H groups in total. The molecule has 152 valence electrons. The molecule has 0 spiro atoms. The van der Waals surface area contributed by atoms with Gasteiger partial charge in [0.15, 0.2) is 5.96 Å². The summed E-state index contributed by atoms with van der Waals surface area (Å²) in [5, 5.41) is 15.8. The van der Waals surface area contributed by atoms with E-state index in [9.17, 15) is 0 Å². The van der Waals surface area contributed by atoms with Gasteiger partial charge in [0.2, 0.25) is 0 Å². The first-order valence-corrected chi connectivity index (χ1v) is 11.2. The Bertz CT molecular complexity index is 600. The van der Waals surface area contributed by atoms with Crippen LogP contribution >= 0.6 is 0 Å². The van der Waals surface area contributed by atoms with Crippen molar-refractivity contribution in [3.63, 3.8) is 0 Å². The highest BCUT2D eigenvalue weighted by atomic mass is 15.3. The van der Waals surface area contributed by atoms with Crippen molar-refractivity contribution >= 4 is 5.96 Å². The molecule has 0 amide bonds. The summed E-state index contributed by atoms with van der Waals surface area (Å²) in [5.41, 5.74) is 0.446. The number of nitrogens with one attached hydrogen (secondary N) is 2. The zero-order chi connectivity index (χ0) is 19.0. The van der Waals surface area contributed by atoms with Crippen LogP contribution in [-0.2, 0) is 19.4 Å². The topological polar surface area (TPSA) is 67.1 Å². The van der Waals surface area contributed by atoms with Crippen LogP contribution in [-0.4, -0.2) is 40.4 Å². The summed E-state index contributed by atoms with van der Waals surface area (Å²) in [6.07, 6.45) is 13.6. The molecule has 1 aliphatic carbocycles. The van der Waals surface area contributed by atoms with E-state index in [1.54, 1.807) is 0 Å². The smallest absolute Gasteiger partial charge is 0.191 e. The lowest BCUT2D eigenvalue weighted by atomic mass is 9.84. The van der Waals surface area contributed by atoms with E-state index in [1.807, 2.05) is 0 Å². The number of hydrogen-bond donors (Lipinski definition) is 2. The summed E-state index contributed by atoms with van der Waals surface area (Å²) in [4.78, 5) is 4.92. The van der Waals surface area contributed by atoms with E-state index in [4.69, 9.17) is 4.99 Å². The van der Waals surface area contributed by atoms with Gasteiger partial charge in [-0.1, -0.05) is 26.2 Å². The Kier molecular flexibility index (Phi) is 7.53. The third kappa shape index (κ3) is 5.45. The maximum atomic E-state index is 4.92. The summed E-state index contributed by atoms with van der Waals surface area (Å²) in [5.74, 6) is 3.32. The second-order valence-electron chi connectivity index (χ2n) is 8.28. The fourth-order valence-corrected chi connectivity index (χ4v) is 4.52. The maximum absolute atomic E-state index is 4.92. The summed E-state index contributed by atoms with van der Waals surface area (Å²) >= 11 is 0. The molecule has 1 aromatic heterocycles. The molecule has 0 atom stereocenters. The number of aliphatic imine (C=N–C) groups is 1. The quantitative estimate of drug-likeness (QED) is 0.415. The highest BCUT2D eigenvalue weighted by Gasteiger charge is 2.31. The molecule has 1 saturated carbocycles. The van der Waals surface area contributed by atoms with Crippen LogP contribution in [0.25, 0.3) is 0 Å². The molecule has 27 heavy (non-hydrogen) atoms. The van der Waals surface area contributed by atoms with Gasteiger partial charge in [0.05, 0.1) is 0 Å². The largest absolute Gasteiger partial charge is 0.357 e. The van der Waals surface area contributed by atoms with E-state index in [0.717, 1.165) is 57.2 Å². The lowest BCUT2D eigenvalue weighted by Crippen LogP contribution is -2.39. The molecule has 6 heteroatoms. The number of fused-ring (bicyclic) bond motifs is 1. The molecule has 0 aromatic carbocycles. The van der Waals surface area contributed by atoms with Gasteiger partial charge in [0, 0.05) is 39.0 Å². The van der Waals surface area contributed by atoms with Crippen molar-refractivity contribution in [2.24, 2.45) is 10.4 Å². The Hall–Kier alpha value is -1.59. The number of aryl methyl sites for hydroxylation is 2. The Morgan fingerprint density at radius 3 is 2.70 bits per heavy atom. The standard InChI is InChI=1S/C21H38N6/c1-3-21(13-7-8-14-21)17-24-20(22-4-2)23-15-10-12-19-26-25-18-11-6-5-9-16-27(18)19/h3-17H2,1-2H3,(H2,22,23,24). The monoisotopic (exact) mass is 374 g/mol. The lowest BCUT2D eigenvalue weighted by Gasteiger charge is -2.25. The van der Waals surface area contributed by atoms with Crippen LogP contribution in [0.4, 0.5) is 0 Å². The summed E-state index contributed by atoms with van der Waals surface area (Å²) < 4.78 is 2.36. The molecule has 1 aromatic rings. The first-order valence-electron chi connectivity index (χ1n) is 11.2. The minimum atomic E-state index is 0.446. The van der Waals surface area contributed by atoms with E-state index in [2.05, 4.69) is 39.2 Å². The second-order valence-corrected chi connectivity index (χ2v) is 8.28. The van der Waals surface area contributed by atoms with Gasteiger partial charge in [-0.2, -0.15) is 0 Å². The van der Waals surface area contributed by atoms with Crippen LogP contribution in [0.1, 0.15) is 83.3 Å². The van der Waals surface area contributed by atoms with E-state index < -0.39 is 0 Å². The third-order valence-corrected chi connectivity index (χ3v) is 6.39. The molecular weight excluding hydrogens is 336 g/mol. The van der Waals surface area contributed by atoms with Crippen LogP contribution in [0, 0.1) is 5.41 Å². The van der Waals surface area contributed by atoms with Gasteiger partial charge >= 0.3 is 0 Å². The van der Waals surface area contributed by atoms with Gasteiger partial charge in [-0.25, -0.2) is 0 Å². The van der Waals surface area contributed by atoms with Gasteiger partial charge < -0.3 is 15.2 Å². The molecule has 0 bridgehead atoms. The number of hydrogen-bond acceptors (Lipinski definition) is 3. The number of guanidine groups is 1. The molecule has 0 saturated heterocycles. The van der Waals surface area contributed by atoms with Crippen molar-refractivity contribution in [3.8, 4) is 0 Å². The average Bonchev–Trinajstić information content (AvgIpc) is 3.24. The van der Waals surface area contributed by atoms with Crippen molar-refractivity contribution in [1.29, 1.82) is 0 Å². The van der Waals surface area contributed by atoms with Crippen molar-refractivity contribution in [2.75, 3.05) is 19.6 Å². The van der Waals surface area contributed by atoms with Crippen LogP contribution in [0.5, 0.6) is 0 Å². The van der Waals surface area contributed by atoms with Crippen molar-refractivity contribution in [2.45, 2.75) is 91.0 Å². The number of rotatable bonds is 8. The lowest BCUT2D eigenvalue weighted by molar-refractivity contribution is 0.297.